The third kappa shape index (κ3) is 1.93. The summed E-state index contributed by atoms with van der Waals surface area (Å²) in [6.45, 7) is 0.943. The van der Waals surface area contributed by atoms with Gasteiger partial charge in [0.1, 0.15) is 0 Å². The van der Waals surface area contributed by atoms with Gasteiger partial charge in [-0.1, -0.05) is 18.2 Å². The lowest BCUT2D eigenvalue weighted by Crippen LogP contribution is -2.37. The van der Waals surface area contributed by atoms with Crippen LogP contribution in [0.15, 0.2) is 24.3 Å². The minimum absolute atomic E-state index is 0.471. The van der Waals surface area contributed by atoms with E-state index < -0.39 is 5.79 Å². The number of hydrogen-bond acceptors (Lipinski definition) is 3. The molecule has 1 aromatic carbocycles. The van der Waals surface area contributed by atoms with Gasteiger partial charge in [-0.2, -0.15) is 0 Å². The summed E-state index contributed by atoms with van der Waals surface area (Å²) in [5.41, 5.74) is 2.56. The van der Waals surface area contributed by atoms with Gasteiger partial charge in [0.15, 0.2) is 5.79 Å². The Morgan fingerprint density at radius 3 is 2.56 bits per heavy atom. The number of benzene rings is 1. The third-order valence-corrected chi connectivity index (χ3v) is 3.43. The molecule has 1 aliphatic heterocycles. The SMILES string of the molecule is COC1(OC)CCN(C)c2ccccc2C1. The van der Waals surface area contributed by atoms with Gasteiger partial charge in [0.25, 0.3) is 0 Å². The van der Waals surface area contributed by atoms with Gasteiger partial charge >= 0.3 is 0 Å². The Kier molecular flexibility index (Phi) is 3.17. The first-order valence-electron chi connectivity index (χ1n) is 5.60. The zero-order chi connectivity index (χ0) is 11.6. The Morgan fingerprint density at radius 2 is 1.88 bits per heavy atom. The summed E-state index contributed by atoms with van der Waals surface area (Å²) in [5, 5.41) is 0. The van der Waals surface area contributed by atoms with Gasteiger partial charge in [0.05, 0.1) is 0 Å². The molecular formula is C13H19NO2. The van der Waals surface area contributed by atoms with Crippen molar-refractivity contribution in [3.05, 3.63) is 29.8 Å². The first kappa shape index (κ1) is 11.4. The minimum Gasteiger partial charge on any atom is -0.374 e. The number of ether oxygens (including phenoxy) is 2. The predicted octanol–water partition coefficient (Wildman–Crippen LogP) is 2.06. The Morgan fingerprint density at radius 1 is 1.19 bits per heavy atom. The zero-order valence-electron chi connectivity index (χ0n) is 10.2. The van der Waals surface area contributed by atoms with Gasteiger partial charge < -0.3 is 14.4 Å². The molecule has 1 aromatic rings. The molecule has 0 N–H and O–H groups in total. The molecule has 0 spiro atoms. The van der Waals surface area contributed by atoms with Crippen molar-refractivity contribution in [3.8, 4) is 0 Å². The smallest absolute Gasteiger partial charge is 0.173 e. The first-order valence-corrected chi connectivity index (χ1v) is 5.60. The number of anilines is 1. The average molecular weight is 221 g/mol. The van der Waals surface area contributed by atoms with Gasteiger partial charge in [0.2, 0.25) is 0 Å². The van der Waals surface area contributed by atoms with Crippen LogP contribution >= 0.6 is 0 Å². The fraction of sp³-hybridized carbons (Fsp3) is 0.538. The van der Waals surface area contributed by atoms with Gasteiger partial charge in [-0.25, -0.2) is 0 Å². The number of fused-ring (bicyclic) bond motifs is 1. The quantitative estimate of drug-likeness (QED) is 0.713. The van der Waals surface area contributed by atoms with Gasteiger partial charge in [0, 0.05) is 46.3 Å². The summed E-state index contributed by atoms with van der Waals surface area (Å²) in [7, 11) is 5.55. The monoisotopic (exact) mass is 221 g/mol. The van der Waals surface area contributed by atoms with Crippen LogP contribution in [0.5, 0.6) is 0 Å². The lowest BCUT2D eigenvalue weighted by molar-refractivity contribution is -0.207. The van der Waals surface area contributed by atoms with Crippen molar-refractivity contribution in [1.29, 1.82) is 0 Å². The maximum Gasteiger partial charge on any atom is 0.173 e. The molecule has 0 saturated carbocycles. The van der Waals surface area contributed by atoms with Gasteiger partial charge in [-0.05, 0) is 11.6 Å². The zero-order valence-corrected chi connectivity index (χ0v) is 10.2. The topological polar surface area (TPSA) is 21.7 Å². The van der Waals surface area contributed by atoms with E-state index in [4.69, 9.17) is 9.47 Å². The maximum atomic E-state index is 5.56. The normalized spacial score (nSPS) is 19.1. The summed E-state index contributed by atoms with van der Waals surface area (Å²) in [6, 6.07) is 8.43. The lowest BCUT2D eigenvalue weighted by Gasteiger charge is -2.29. The summed E-state index contributed by atoms with van der Waals surface area (Å²) < 4.78 is 11.1. The van der Waals surface area contributed by atoms with Crippen LogP contribution in [0, 0.1) is 0 Å². The molecule has 0 unspecified atom stereocenters. The predicted molar refractivity (Wildman–Crippen MR) is 64.8 cm³/mol. The molecule has 0 amide bonds. The van der Waals surface area contributed by atoms with Crippen molar-refractivity contribution in [2.75, 3.05) is 32.7 Å². The van der Waals surface area contributed by atoms with Crippen molar-refractivity contribution in [1.82, 2.24) is 0 Å². The highest BCUT2D eigenvalue weighted by molar-refractivity contribution is 5.54. The van der Waals surface area contributed by atoms with Crippen LogP contribution in [0.25, 0.3) is 0 Å². The largest absolute Gasteiger partial charge is 0.374 e. The van der Waals surface area contributed by atoms with Gasteiger partial charge in [-0.3, -0.25) is 0 Å². The lowest BCUT2D eigenvalue weighted by atomic mass is 10.0. The van der Waals surface area contributed by atoms with Crippen molar-refractivity contribution in [2.45, 2.75) is 18.6 Å². The van der Waals surface area contributed by atoms with Crippen LogP contribution in [0.2, 0.25) is 0 Å². The molecule has 0 atom stereocenters. The van der Waals surface area contributed by atoms with E-state index in [1.807, 2.05) is 0 Å². The number of hydrogen-bond donors (Lipinski definition) is 0. The highest BCUT2D eigenvalue weighted by atomic mass is 16.7. The van der Waals surface area contributed by atoms with Crippen molar-refractivity contribution >= 4 is 5.69 Å². The molecule has 0 fully saturated rings. The van der Waals surface area contributed by atoms with Crippen LogP contribution in [0.1, 0.15) is 12.0 Å². The number of nitrogens with zero attached hydrogens (tertiary/aromatic N) is 1. The maximum absolute atomic E-state index is 5.56. The number of methoxy groups -OCH3 is 2. The number of rotatable bonds is 2. The van der Waals surface area contributed by atoms with E-state index in [1.165, 1.54) is 11.3 Å². The van der Waals surface area contributed by atoms with Gasteiger partial charge in [-0.15, -0.1) is 0 Å². The van der Waals surface area contributed by atoms with E-state index in [0.29, 0.717) is 0 Å². The fourth-order valence-electron chi connectivity index (χ4n) is 2.30. The van der Waals surface area contributed by atoms with Crippen LogP contribution in [-0.2, 0) is 15.9 Å². The Bertz CT molecular complexity index is 361. The summed E-state index contributed by atoms with van der Waals surface area (Å²) >= 11 is 0. The highest BCUT2D eigenvalue weighted by Gasteiger charge is 2.33. The Balaban J connectivity index is 2.38. The number of para-hydroxylation sites is 1. The van der Waals surface area contributed by atoms with Crippen LogP contribution < -0.4 is 4.90 Å². The Labute approximate surface area is 97.0 Å². The molecule has 1 aliphatic rings. The second-order valence-electron chi connectivity index (χ2n) is 4.30. The molecule has 0 aliphatic carbocycles. The molecule has 0 saturated heterocycles. The van der Waals surface area contributed by atoms with E-state index in [-0.39, 0.29) is 0 Å². The van der Waals surface area contributed by atoms with Crippen molar-refractivity contribution < 1.29 is 9.47 Å². The molecule has 1 heterocycles. The first-order chi connectivity index (χ1) is 7.71. The molecule has 3 nitrogen and oxygen atoms in total. The summed E-state index contributed by atoms with van der Waals surface area (Å²) in [4.78, 5) is 2.26. The molecule has 88 valence electrons. The third-order valence-electron chi connectivity index (χ3n) is 3.43. The Hall–Kier alpha value is -1.06. The molecule has 2 rings (SSSR count). The molecule has 0 aromatic heterocycles. The highest BCUT2D eigenvalue weighted by Crippen LogP contribution is 2.32. The van der Waals surface area contributed by atoms with Crippen LogP contribution in [-0.4, -0.2) is 33.6 Å². The van der Waals surface area contributed by atoms with E-state index in [0.717, 1.165) is 19.4 Å². The molecule has 3 heteroatoms. The minimum atomic E-state index is -0.471. The second kappa shape index (κ2) is 4.44. The van der Waals surface area contributed by atoms with E-state index in [9.17, 15) is 0 Å². The average Bonchev–Trinajstić information content (AvgIpc) is 2.48. The van der Waals surface area contributed by atoms with Crippen LogP contribution in [0.4, 0.5) is 5.69 Å². The second-order valence-corrected chi connectivity index (χ2v) is 4.30. The summed E-state index contributed by atoms with van der Waals surface area (Å²) in [5.74, 6) is -0.471. The molecule has 0 radical (unpaired) electrons. The molecular weight excluding hydrogens is 202 g/mol. The van der Waals surface area contributed by atoms with Crippen molar-refractivity contribution in [2.24, 2.45) is 0 Å². The fourth-order valence-corrected chi connectivity index (χ4v) is 2.30. The van der Waals surface area contributed by atoms with Crippen LogP contribution in [0.3, 0.4) is 0 Å². The van der Waals surface area contributed by atoms with Crippen molar-refractivity contribution in [3.63, 3.8) is 0 Å². The van der Waals surface area contributed by atoms with E-state index >= 15 is 0 Å². The van der Waals surface area contributed by atoms with E-state index in [2.05, 4.69) is 36.2 Å². The molecule has 0 bridgehead atoms. The standard InChI is InChI=1S/C13H19NO2/c1-14-9-8-13(15-2,16-3)10-11-6-4-5-7-12(11)14/h4-7H,8-10H2,1-3H3. The summed E-state index contributed by atoms with van der Waals surface area (Å²) in [6.07, 6.45) is 1.69. The molecule has 16 heavy (non-hydrogen) atoms. The van der Waals surface area contributed by atoms with E-state index in [1.54, 1.807) is 14.2 Å².